The zero-order chi connectivity index (χ0) is 12.0. The van der Waals surface area contributed by atoms with Gasteiger partial charge in [-0.1, -0.05) is 15.9 Å². The Hall–Kier alpha value is -0.610. The molecule has 0 aliphatic heterocycles. The summed E-state index contributed by atoms with van der Waals surface area (Å²) in [5.74, 6) is -0.191. The number of rotatable bonds is 6. The highest BCUT2D eigenvalue weighted by atomic mass is 79.9. The highest BCUT2D eigenvalue weighted by Crippen LogP contribution is 2.23. The SMILES string of the molecule is COCCCN(C)c1ccc(F)cc1CBr. The molecule has 0 spiro atoms. The molecule has 1 aromatic rings. The van der Waals surface area contributed by atoms with E-state index in [0.717, 1.165) is 30.8 Å². The largest absolute Gasteiger partial charge is 0.385 e. The predicted octanol–water partition coefficient (Wildman–Crippen LogP) is 3.19. The lowest BCUT2D eigenvalue weighted by Crippen LogP contribution is -2.20. The number of benzene rings is 1. The van der Waals surface area contributed by atoms with Crippen molar-refractivity contribution in [2.75, 3.05) is 32.2 Å². The molecule has 2 nitrogen and oxygen atoms in total. The third kappa shape index (κ3) is 3.76. The van der Waals surface area contributed by atoms with Crippen molar-refractivity contribution in [3.63, 3.8) is 0 Å². The van der Waals surface area contributed by atoms with Gasteiger partial charge in [0.1, 0.15) is 5.82 Å². The summed E-state index contributed by atoms with van der Waals surface area (Å²) in [6.07, 6.45) is 0.964. The number of nitrogens with zero attached hydrogens (tertiary/aromatic N) is 1. The first-order valence-electron chi connectivity index (χ1n) is 5.23. The van der Waals surface area contributed by atoms with E-state index >= 15 is 0 Å². The molecule has 1 aromatic carbocycles. The van der Waals surface area contributed by atoms with Crippen LogP contribution in [0.25, 0.3) is 0 Å². The summed E-state index contributed by atoms with van der Waals surface area (Å²) >= 11 is 3.37. The molecule has 0 saturated heterocycles. The summed E-state index contributed by atoms with van der Waals surface area (Å²) in [5, 5.41) is 0.661. The van der Waals surface area contributed by atoms with Gasteiger partial charge < -0.3 is 9.64 Å². The third-order valence-electron chi connectivity index (χ3n) is 2.44. The first kappa shape index (κ1) is 13.5. The van der Waals surface area contributed by atoms with E-state index in [-0.39, 0.29) is 5.82 Å². The molecule has 0 atom stereocenters. The first-order valence-corrected chi connectivity index (χ1v) is 6.35. The van der Waals surface area contributed by atoms with Gasteiger partial charge in [-0.05, 0) is 30.2 Å². The van der Waals surface area contributed by atoms with Gasteiger partial charge in [-0.3, -0.25) is 0 Å². The Morgan fingerprint density at radius 1 is 1.44 bits per heavy atom. The minimum atomic E-state index is -0.191. The monoisotopic (exact) mass is 289 g/mol. The fourth-order valence-corrected chi connectivity index (χ4v) is 2.05. The second kappa shape index (κ2) is 6.86. The van der Waals surface area contributed by atoms with Crippen molar-refractivity contribution >= 4 is 21.6 Å². The Balaban J connectivity index is 2.70. The van der Waals surface area contributed by atoms with Gasteiger partial charge in [0.25, 0.3) is 0 Å². The van der Waals surface area contributed by atoms with Crippen LogP contribution >= 0.6 is 15.9 Å². The lowest BCUT2D eigenvalue weighted by atomic mass is 10.2. The Bertz CT molecular complexity index is 333. The second-order valence-electron chi connectivity index (χ2n) is 3.67. The van der Waals surface area contributed by atoms with Crippen molar-refractivity contribution in [3.05, 3.63) is 29.6 Å². The van der Waals surface area contributed by atoms with Crippen LogP contribution in [-0.2, 0) is 10.1 Å². The van der Waals surface area contributed by atoms with E-state index in [1.807, 2.05) is 13.1 Å². The smallest absolute Gasteiger partial charge is 0.123 e. The zero-order valence-corrected chi connectivity index (χ0v) is 11.3. The summed E-state index contributed by atoms with van der Waals surface area (Å²) in [6.45, 7) is 1.65. The van der Waals surface area contributed by atoms with Crippen molar-refractivity contribution in [2.45, 2.75) is 11.8 Å². The Morgan fingerprint density at radius 3 is 2.81 bits per heavy atom. The van der Waals surface area contributed by atoms with Crippen LogP contribution < -0.4 is 4.90 Å². The minimum absolute atomic E-state index is 0.191. The van der Waals surface area contributed by atoms with Gasteiger partial charge in [0.15, 0.2) is 0 Å². The summed E-state index contributed by atoms with van der Waals surface area (Å²) in [5.41, 5.74) is 2.04. The number of alkyl halides is 1. The average molecular weight is 290 g/mol. The lowest BCUT2D eigenvalue weighted by Gasteiger charge is -2.21. The van der Waals surface area contributed by atoms with Crippen LogP contribution in [0.5, 0.6) is 0 Å². The summed E-state index contributed by atoms with van der Waals surface area (Å²) in [6, 6.07) is 4.88. The van der Waals surface area contributed by atoms with Gasteiger partial charge in [-0.15, -0.1) is 0 Å². The van der Waals surface area contributed by atoms with Crippen molar-refractivity contribution in [1.29, 1.82) is 0 Å². The van der Waals surface area contributed by atoms with Crippen LogP contribution in [0.3, 0.4) is 0 Å². The van der Waals surface area contributed by atoms with Crippen molar-refractivity contribution in [1.82, 2.24) is 0 Å². The lowest BCUT2D eigenvalue weighted by molar-refractivity contribution is 0.196. The number of methoxy groups -OCH3 is 1. The van der Waals surface area contributed by atoms with Crippen molar-refractivity contribution in [2.24, 2.45) is 0 Å². The molecule has 0 aliphatic rings. The van der Waals surface area contributed by atoms with Gasteiger partial charge in [0, 0.05) is 38.3 Å². The van der Waals surface area contributed by atoms with Gasteiger partial charge in [0.05, 0.1) is 0 Å². The first-order chi connectivity index (χ1) is 7.69. The average Bonchev–Trinajstić information content (AvgIpc) is 2.29. The maximum absolute atomic E-state index is 13.0. The van der Waals surface area contributed by atoms with Crippen LogP contribution in [0.4, 0.5) is 10.1 Å². The maximum atomic E-state index is 13.0. The summed E-state index contributed by atoms with van der Waals surface area (Å²) < 4.78 is 18.1. The van der Waals surface area contributed by atoms with Gasteiger partial charge in [0.2, 0.25) is 0 Å². The number of ether oxygens (including phenoxy) is 1. The van der Waals surface area contributed by atoms with Crippen LogP contribution in [-0.4, -0.2) is 27.3 Å². The molecule has 4 heteroatoms. The third-order valence-corrected chi connectivity index (χ3v) is 3.04. The molecular weight excluding hydrogens is 273 g/mol. The number of halogens is 2. The zero-order valence-electron chi connectivity index (χ0n) is 9.67. The number of hydrogen-bond acceptors (Lipinski definition) is 2. The molecular formula is C12H17BrFNO. The molecule has 0 fully saturated rings. The van der Waals surface area contributed by atoms with Crippen LogP contribution in [0, 0.1) is 5.82 Å². The van der Waals surface area contributed by atoms with E-state index < -0.39 is 0 Å². The van der Waals surface area contributed by atoms with E-state index in [1.54, 1.807) is 13.2 Å². The summed E-state index contributed by atoms with van der Waals surface area (Å²) in [4.78, 5) is 2.12. The topological polar surface area (TPSA) is 12.5 Å². The Morgan fingerprint density at radius 2 is 2.19 bits per heavy atom. The Kier molecular flexibility index (Phi) is 5.77. The number of hydrogen-bond donors (Lipinski definition) is 0. The van der Waals surface area contributed by atoms with Crippen LogP contribution in [0.15, 0.2) is 18.2 Å². The molecule has 0 saturated carbocycles. The van der Waals surface area contributed by atoms with E-state index in [4.69, 9.17) is 4.74 Å². The normalized spacial score (nSPS) is 10.5. The van der Waals surface area contributed by atoms with E-state index in [9.17, 15) is 4.39 Å². The van der Waals surface area contributed by atoms with Gasteiger partial charge >= 0.3 is 0 Å². The van der Waals surface area contributed by atoms with E-state index in [1.165, 1.54) is 6.07 Å². The van der Waals surface area contributed by atoms with Crippen molar-refractivity contribution < 1.29 is 9.13 Å². The standard InChI is InChI=1S/C12H17BrFNO/c1-15(6-3-7-16-2)12-5-4-11(14)8-10(12)9-13/h4-5,8H,3,6-7,9H2,1-2H3. The molecule has 0 heterocycles. The van der Waals surface area contributed by atoms with Gasteiger partial charge in [-0.2, -0.15) is 0 Å². The maximum Gasteiger partial charge on any atom is 0.123 e. The van der Waals surface area contributed by atoms with Crippen LogP contribution in [0.1, 0.15) is 12.0 Å². The fourth-order valence-electron chi connectivity index (χ4n) is 1.60. The molecule has 16 heavy (non-hydrogen) atoms. The quantitative estimate of drug-likeness (QED) is 0.589. The molecule has 0 bridgehead atoms. The van der Waals surface area contributed by atoms with Crippen molar-refractivity contribution in [3.8, 4) is 0 Å². The molecule has 0 aromatic heterocycles. The van der Waals surface area contributed by atoms with Gasteiger partial charge in [-0.25, -0.2) is 4.39 Å². The second-order valence-corrected chi connectivity index (χ2v) is 4.24. The van der Waals surface area contributed by atoms with Crippen LogP contribution in [0.2, 0.25) is 0 Å². The molecule has 90 valence electrons. The molecule has 0 amide bonds. The van der Waals surface area contributed by atoms with E-state index in [2.05, 4.69) is 20.8 Å². The highest BCUT2D eigenvalue weighted by Gasteiger charge is 2.07. The molecule has 0 unspecified atom stereocenters. The molecule has 0 aliphatic carbocycles. The minimum Gasteiger partial charge on any atom is -0.385 e. The van der Waals surface area contributed by atoms with E-state index in [0.29, 0.717) is 5.33 Å². The fraction of sp³-hybridized carbons (Fsp3) is 0.500. The predicted molar refractivity (Wildman–Crippen MR) is 68.8 cm³/mol. The number of anilines is 1. The summed E-state index contributed by atoms with van der Waals surface area (Å²) in [7, 11) is 3.71. The molecule has 0 N–H and O–H groups in total. The molecule has 0 radical (unpaired) electrons. The highest BCUT2D eigenvalue weighted by molar-refractivity contribution is 9.08. The Labute approximate surface area is 105 Å². The molecule has 1 rings (SSSR count).